The van der Waals surface area contributed by atoms with Crippen molar-refractivity contribution in [3.8, 4) is 0 Å². The summed E-state index contributed by atoms with van der Waals surface area (Å²) in [6.45, 7) is 4.67. The Bertz CT molecular complexity index is 821. The Morgan fingerprint density at radius 2 is 2.16 bits per heavy atom. The molecule has 7 heteroatoms. The van der Waals surface area contributed by atoms with Gasteiger partial charge in [-0.1, -0.05) is 49.0 Å². The molecule has 5 nitrogen and oxygen atoms in total. The zero-order chi connectivity index (χ0) is 17.8. The molecule has 25 heavy (non-hydrogen) atoms. The number of hydrogen-bond acceptors (Lipinski definition) is 6. The minimum absolute atomic E-state index is 0.0189. The molecule has 0 saturated heterocycles. The van der Waals surface area contributed by atoms with Gasteiger partial charge in [0.05, 0.1) is 29.5 Å². The van der Waals surface area contributed by atoms with E-state index in [1.807, 2.05) is 30.3 Å². The second-order valence-electron chi connectivity index (χ2n) is 5.77. The number of hydrogen-bond donors (Lipinski definition) is 0. The number of aromatic nitrogens is 2. The average molecular weight is 377 g/mol. The van der Waals surface area contributed by atoms with E-state index < -0.39 is 0 Å². The van der Waals surface area contributed by atoms with Crippen LogP contribution in [0.3, 0.4) is 0 Å². The molecule has 3 rings (SSSR count). The number of esters is 1. The number of nitrogens with zero attached hydrogens (tertiary/aromatic N) is 2. The predicted octanol–water partition coefficient (Wildman–Crippen LogP) is 2.98. The SMILES string of the molecule is CCOC(=O)CSc1nc2c(c(=O)n1Cc1ccccc1)S[C@H](C)C2. The van der Waals surface area contributed by atoms with Gasteiger partial charge in [0.25, 0.3) is 5.56 Å². The number of carbonyl (C=O) groups excluding carboxylic acids is 1. The number of fused-ring (bicyclic) bond motifs is 1. The lowest BCUT2D eigenvalue weighted by molar-refractivity contribution is -0.139. The number of rotatable bonds is 6. The van der Waals surface area contributed by atoms with Crippen LogP contribution in [0.4, 0.5) is 0 Å². The number of thioether (sulfide) groups is 2. The summed E-state index contributed by atoms with van der Waals surface area (Å²) in [7, 11) is 0. The third kappa shape index (κ3) is 4.27. The lowest BCUT2D eigenvalue weighted by Gasteiger charge is -2.13. The van der Waals surface area contributed by atoms with E-state index in [2.05, 4.69) is 6.92 Å². The largest absolute Gasteiger partial charge is 0.465 e. The van der Waals surface area contributed by atoms with Crippen molar-refractivity contribution in [3.05, 3.63) is 51.9 Å². The van der Waals surface area contributed by atoms with Crippen LogP contribution in [0.15, 0.2) is 45.2 Å². The van der Waals surface area contributed by atoms with Gasteiger partial charge in [0.15, 0.2) is 5.16 Å². The lowest BCUT2D eigenvalue weighted by atomic mass is 10.2. The fourth-order valence-corrected chi connectivity index (χ4v) is 4.60. The first-order valence-electron chi connectivity index (χ1n) is 8.21. The lowest BCUT2D eigenvalue weighted by Crippen LogP contribution is -2.26. The Labute approximate surface area is 155 Å². The van der Waals surface area contributed by atoms with E-state index in [0.29, 0.717) is 23.6 Å². The van der Waals surface area contributed by atoms with E-state index in [1.54, 1.807) is 23.3 Å². The molecule has 132 valence electrons. The molecule has 1 atom stereocenters. The Kier molecular flexibility index (Phi) is 5.86. The zero-order valence-corrected chi connectivity index (χ0v) is 15.9. The summed E-state index contributed by atoms with van der Waals surface area (Å²) in [6, 6.07) is 9.80. The van der Waals surface area contributed by atoms with Crippen molar-refractivity contribution >= 4 is 29.5 Å². The van der Waals surface area contributed by atoms with E-state index in [0.717, 1.165) is 22.6 Å². The highest BCUT2D eigenvalue weighted by atomic mass is 32.2. The molecule has 1 aliphatic rings. The minimum Gasteiger partial charge on any atom is -0.465 e. The Morgan fingerprint density at radius 1 is 1.40 bits per heavy atom. The van der Waals surface area contributed by atoms with Crippen molar-refractivity contribution in [1.82, 2.24) is 9.55 Å². The molecule has 0 spiro atoms. The van der Waals surface area contributed by atoms with Crippen molar-refractivity contribution in [2.45, 2.75) is 42.1 Å². The van der Waals surface area contributed by atoms with Crippen LogP contribution >= 0.6 is 23.5 Å². The predicted molar refractivity (Wildman–Crippen MR) is 100 cm³/mol. The van der Waals surface area contributed by atoms with Crippen LogP contribution in [0, 0.1) is 0 Å². The molecule has 1 aromatic heterocycles. The molecule has 2 heterocycles. The van der Waals surface area contributed by atoms with Gasteiger partial charge in [0.1, 0.15) is 0 Å². The van der Waals surface area contributed by atoms with Gasteiger partial charge in [-0.3, -0.25) is 14.2 Å². The summed E-state index contributed by atoms with van der Waals surface area (Å²) in [5, 5.41) is 0.932. The van der Waals surface area contributed by atoms with Crippen molar-refractivity contribution < 1.29 is 9.53 Å². The van der Waals surface area contributed by atoms with E-state index >= 15 is 0 Å². The number of ether oxygens (including phenoxy) is 1. The van der Waals surface area contributed by atoms with Gasteiger partial charge in [-0.25, -0.2) is 4.98 Å². The van der Waals surface area contributed by atoms with Gasteiger partial charge >= 0.3 is 5.97 Å². The Morgan fingerprint density at radius 3 is 2.88 bits per heavy atom. The van der Waals surface area contributed by atoms with E-state index in [-0.39, 0.29) is 17.3 Å². The van der Waals surface area contributed by atoms with Gasteiger partial charge < -0.3 is 4.74 Å². The topological polar surface area (TPSA) is 61.2 Å². The van der Waals surface area contributed by atoms with Crippen LogP contribution in [-0.2, 0) is 22.5 Å². The summed E-state index contributed by atoms with van der Waals surface area (Å²) < 4.78 is 6.65. The summed E-state index contributed by atoms with van der Waals surface area (Å²) >= 11 is 2.85. The Balaban J connectivity index is 1.94. The second-order valence-corrected chi connectivity index (χ2v) is 8.16. The van der Waals surface area contributed by atoms with Gasteiger partial charge in [0, 0.05) is 11.7 Å². The minimum atomic E-state index is -0.295. The molecule has 0 aliphatic carbocycles. The maximum Gasteiger partial charge on any atom is 0.316 e. The summed E-state index contributed by atoms with van der Waals surface area (Å²) in [5.74, 6) is -0.146. The zero-order valence-electron chi connectivity index (χ0n) is 14.2. The number of benzene rings is 1. The first-order valence-corrected chi connectivity index (χ1v) is 10.1. The van der Waals surface area contributed by atoms with Crippen molar-refractivity contribution in [1.29, 1.82) is 0 Å². The first kappa shape index (κ1) is 18.1. The smallest absolute Gasteiger partial charge is 0.316 e. The Hall–Kier alpha value is -1.73. The molecule has 0 bridgehead atoms. The third-order valence-corrected chi connectivity index (χ3v) is 5.94. The van der Waals surface area contributed by atoms with Crippen LogP contribution in [-0.4, -0.2) is 33.1 Å². The van der Waals surface area contributed by atoms with Gasteiger partial charge in [-0.2, -0.15) is 0 Å². The van der Waals surface area contributed by atoms with E-state index in [9.17, 15) is 9.59 Å². The highest BCUT2D eigenvalue weighted by Crippen LogP contribution is 2.34. The second kappa shape index (κ2) is 8.10. The molecule has 0 N–H and O–H groups in total. The molecular weight excluding hydrogens is 356 g/mol. The van der Waals surface area contributed by atoms with Gasteiger partial charge in [-0.15, -0.1) is 11.8 Å². The van der Waals surface area contributed by atoms with Crippen molar-refractivity contribution in [3.63, 3.8) is 0 Å². The van der Waals surface area contributed by atoms with Gasteiger partial charge in [-0.05, 0) is 12.5 Å². The molecule has 2 aromatic rings. The maximum atomic E-state index is 13.0. The van der Waals surface area contributed by atoms with Crippen LogP contribution in [0.1, 0.15) is 25.1 Å². The first-order chi connectivity index (χ1) is 12.1. The van der Waals surface area contributed by atoms with E-state index in [1.165, 1.54) is 11.8 Å². The number of carbonyl (C=O) groups is 1. The normalized spacial score (nSPS) is 15.8. The molecule has 0 radical (unpaired) electrons. The van der Waals surface area contributed by atoms with Crippen LogP contribution in [0.5, 0.6) is 0 Å². The fraction of sp³-hybridized carbons (Fsp3) is 0.389. The fourth-order valence-electron chi connectivity index (χ4n) is 2.67. The summed E-state index contributed by atoms with van der Waals surface area (Å²) in [5.41, 5.74) is 1.85. The third-order valence-electron chi connectivity index (χ3n) is 3.77. The van der Waals surface area contributed by atoms with Crippen molar-refractivity contribution in [2.75, 3.05) is 12.4 Å². The molecule has 1 aliphatic heterocycles. The summed E-state index contributed by atoms with van der Waals surface area (Å²) in [6.07, 6.45) is 0.786. The monoisotopic (exact) mass is 376 g/mol. The molecule has 0 saturated carbocycles. The van der Waals surface area contributed by atoms with Crippen LogP contribution in [0.2, 0.25) is 0 Å². The summed E-state index contributed by atoms with van der Waals surface area (Å²) in [4.78, 5) is 30.1. The quantitative estimate of drug-likeness (QED) is 0.439. The molecule has 1 aromatic carbocycles. The van der Waals surface area contributed by atoms with Gasteiger partial charge in [0.2, 0.25) is 0 Å². The van der Waals surface area contributed by atoms with E-state index in [4.69, 9.17) is 9.72 Å². The molecule has 0 amide bonds. The molecule has 0 fully saturated rings. The standard InChI is InChI=1S/C18H20N2O3S2/c1-3-23-15(21)11-24-18-19-14-9-12(2)25-16(14)17(22)20(18)10-13-7-5-4-6-8-13/h4-8,12H,3,9-11H2,1-2H3/t12-/m1/s1. The van der Waals surface area contributed by atoms with Crippen molar-refractivity contribution in [2.24, 2.45) is 0 Å². The highest BCUT2D eigenvalue weighted by Gasteiger charge is 2.26. The van der Waals surface area contributed by atoms with Crippen LogP contribution < -0.4 is 5.56 Å². The molecule has 0 unspecified atom stereocenters. The molecular formula is C18H20N2O3S2. The highest BCUT2D eigenvalue weighted by molar-refractivity contribution is 8.00. The van der Waals surface area contributed by atoms with Crippen LogP contribution in [0.25, 0.3) is 0 Å². The maximum absolute atomic E-state index is 13.0. The average Bonchev–Trinajstić information content (AvgIpc) is 2.98.